The molecule has 100 valence electrons. The van der Waals surface area contributed by atoms with Crippen LogP contribution in [0.15, 0.2) is 0 Å². The van der Waals surface area contributed by atoms with Crippen LogP contribution in [0.4, 0.5) is 0 Å². The van der Waals surface area contributed by atoms with Gasteiger partial charge in [-0.1, -0.05) is 13.8 Å². The van der Waals surface area contributed by atoms with Gasteiger partial charge >= 0.3 is 0 Å². The zero-order chi connectivity index (χ0) is 12.8. The van der Waals surface area contributed by atoms with Gasteiger partial charge in [0.05, 0.1) is 13.2 Å². The van der Waals surface area contributed by atoms with Gasteiger partial charge in [-0.05, 0) is 33.2 Å². The molecule has 1 atom stereocenters. The van der Waals surface area contributed by atoms with E-state index in [-0.39, 0.29) is 5.92 Å². The van der Waals surface area contributed by atoms with E-state index in [0.717, 1.165) is 6.61 Å². The number of ketones is 1. The molecule has 1 aliphatic heterocycles. The average molecular weight is 241 g/mol. The van der Waals surface area contributed by atoms with E-state index in [1.807, 2.05) is 13.8 Å². The third kappa shape index (κ3) is 4.76. The number of Topliss-reactive ketones (excluding diaryl/α,β-unsaturated/α-hetero) is 1. The van der Waals surface area contributed by atoms with E-state index in [1.54, 1.807) is 0 Å². The first-order chi connectivity index (χ1) is 8.02. The lowest BCUT2D eigenvalue weighted by molar-refractivity contribution is -0.123. The summed E-state index contributed by atoms with van der Waals surface area (Å²) in [5.41, 5.74) is 0. The molecule has 1 rings (SSSR count). The summed E-state index contributed by atoms with van der Waals surface area (Å²) >= 11 is 0. The number of rotatable bonds is 7. The van der Waals surface area contributed by atoms with Crippen LogP contribution in [-0.4, -0.2) is 42.5 Å². The molecule has 1 saturated heterocycles. The summed E-state index contributed by atoms with van der Waals surface area (Å²) in [5.74, 6) is 0.439. The van der Waals surface area contributed by atoms with Gasteiger partial charge in [-0.25, -0.2) is 0 Å². The molecule has 0 aliphatic carbocycles. The molecular formula is C14H27NO2. The fraction of sp³-hybridized carbons (Fsp3) is 0.929. The maximum absolute atomic E-state index is 11.4. The molecule has 3 heteroatoms. The van der Waals surface area contributed by atoms with Gasteiger partial charge in [-0.15, -0.1) is 0 Å². The monoisotopic (exact) mass is 241 g/mol. The minimum atomic E-state index is 0.136. The standard InChI is InChI=1S/C14H27NO2/c1-11(2)14(16)7-9-17-10-13-6-5-8-15(13)12(3)4/h11-13H,5-10H2,1-4H3. The van der Waals surface area contributed by atoms with Crippen LogP contribution >= 0.6 is 0 Å². The molecule has 0 aromatic rings. The van der Waals surface area contributed by atoms with Gasteiger partial charge in [0.1, 0.15) is 5.78 Å². The van der Waals surface area contributed by atoms with E-state index in [9.17, 15) is 4.79 Å². The Labute approximate surface area is 106 Å². The fourth-order valence-electron chi connectivity index (χ4n) is 2.40. The van der Waals surface area contributed by atoms with Crippen molar-refractivity contribution in [2.45, 2.75) is 59.0 Å². The zero-order valence-electron chi connectivity index (χ0n) is 11.7. The molecule has 0 saturated carbocycles. The first kappa shape index (κ1) is 14.7. The predicted octanol–water partition coefficient (Wildman–Crippen LogP) is 2.49. The van der Waals surface area contributed by atoms with E-state index in [4.69, 9.17) is 4.74 Å². The fourth-order valence-corrected chi connectivity index (χ4v) is 2.40. The molecule has 0 aromatic heterocycles. The molecule has 0 bridgehead atoms. The van der Waals surface area contributed by atoms with Crippen LogP contribution in [-0.2, 0) is 9.53 Å². The van der Waals surface area contributed by atoms with Crippen molar-refractivity contribution >= 4 is 5.78 Å². The predicted molar refractivity (Wildman–Crippen MR) is 70.1 cm³/mol. The Hall–Kier alpha value is -0.410. The Morgan fingerprint density at radius 3 is 2.65 bits per heavy atom. The molecule has 0 N–H and O–H groups in total. The average Bonchev–Trinajstić information content (AvgIpc) is 2.72. The van der Waals surface area contributed by atoms with Crippen molar-refractivity contribution in [3.05, 3.63) is 0 Å². The summed E-state index contributed by atoms with van der Waals surface area (Å²) in [7, 11) is 0. The quantitative estimate of drug-likeness (QED) is 0.641. The van der Waals surface area contributed by atoms with Crippen LogP contribution in [0.3, 0.4) is 0 Å². The molecule has 1 fully saturated rings. The van der Waals surface area contributed by atoms with Gasteiger partial charge in [-0.2, -0.15) is 0 Å². The molecule has 0 amide bonds. The maximum Gasteiger partial charge on any atom is 0.137 e. The van der Waals surface area contributed by atoms with Crippen molar-refractivity contribution in [3.63, 3.8) is 0 Å². The van der Waals surface area contributed by atoms with Crippen molar-refractivity contribution in [1.29, 1.82) is 0 Å². The number of hydrogen-bond acceptors (Lipinski definition) is 3. The lowest BCUT2D eigenvalue weighted by Crippen LogP contribution is -2.38. The Kier molecular flexibility index (Phi) is 6.14. The minimum Gasteiger partial charge on any atom is -0.379 e. The summed E-state index contributed by atoms with van der Waals surface area (Å²) in [5, 5.41) is 0. The summed E-state index contributed by atoms with van der Waals surface area (Å²) in [6.45, 7) is 10.9. The molecule has 1 heterocycles. The first-order valence-electron chi connectivity index (χ1n) is 6.88. The molecule has 1 unspecified atom stereocenters. The van der Waals surface area contributed by atoms with Crippen LogP contribution in [0.1, 0.15) is 47.0 Å². The molecule has 1 aliphatic rings. The molecule has 0 spiro atoms. The number of carbonyl (C=O) groups is 1. The van der Waals surface area contributed by atoms with Crippen LogP contribution in [0.25, 0.3) is 0 Å². The highest BCUT2D eigenvalue weighted by Crippen LogP contribution is 2.20. The van der Waals surface area contributed by atoms with E-state index in [0.29, 0.717) is 30.9 Å². The van der Waals surface area contributed by atoms with Gasteiger partial charge in [0.2, 0.25) is 0 Å². The Morgan fingerprint density at radius 2 is 2.06 bits per heavy atom. The van der Waals surface area contributed by atoms with Crippen LogP contribution in [0.2, 0.25) is 0 Å². The Balaban J connectivity index is 2.16. The van der Waals surface area contributed by atoms with Gasteiger partial charge in [0, 0.05) is 24.4 Å². The second-order valence-corrected chi connectivity index (χ2v) is 5.57. The topological polar surface area (TPSA) is 29.5 Å². The number of hydrogen-bond donors (Lipinski definition) is 0. The first-order valence-corrected chi connectivity index (χ1v) is 6.88. The largest absolute Gasteiger partial charge is 0.379 e. The van der Waals surface area contributed by atoms with Gasteiger partial charge in [-0.3, -0.25) is 9.69 Å². The molecule has 3 nitrogen and oxygen atoms in total. The van der Waals surface area contributed by atoms with Crippen molar-refractivity contribution in [2.24, 2.45) is 5.92 Å². The second-order valence-electron chi connectivity index (χ2n) is 5.57. The SMILES string of the molecule is CC(C)C(=O)CCOCC1CCCN1C(C)C. The van der Waals surface area contributed by atoms with Crippen LogP contribution < -0.4 is 0 Å². The van der Waals surface area contributed by atoms with Crippen molar-refractivity contribution < 1.29 is 9.53 Å². The highest BCUT2D eigenvalue weighted by molar-refractivity contribution is 5.80. The Bertz CT molecular complexity index is 238. The normalized spacial score (nSPS) is 21.6. The van der Waals surface area contributed by atoms with E-state index in [1.165, 1.54) is 19.4 Å². The van der Waals surface area contributed by atoms with Crippen LogP contribution in [0.5, 0.6) is 0 Å². The zero-order valence-corrected chi connectivity index (χ0v) is 11.7. The highest BCUT2D eigenvalue weighted by Gasteiger charge is 2.26. The smallest absolute Gasteiger partial charge is 0.137 e. The summed E-state index contributed by atoms with van der Waals surface area (Å²) in [6.07, 6.45) is 3.07. The molecule has 0 radical (unpaired) electrons. The van der Waals surface area contributed by atoms with E-state index >= 15 is 0 Å². The number of nitrogens with zero attached hydrogens (tertiary/aromatic N) is 1. The Morgan fingerprint density at radius 1 is 1.35 bits per heavy atom. The molecule has 0 aromatic carbocycles. The van der Waals surface area contributed by atoms with E-state index in [2.05, 4.69) is 18.7 Å². The van der Waals surface area contributed by atoms with Gasteiger partial charge in [0.25, 0.3) is 0 Å². The number of ether oxygens (including phenoxy) is 1. The van der Waals surface area contributed by atoms with Crippen molar-refractivity contribution in [2.75, 3.05) is 19.8 Å². The maximum atomic E-state index is 11.4. The summed E-state index contributed by atoms with van der Waals surface area (Å²) < 4.78 is 5.66. The second kappa shape index (κ2) is 7.12. The van der Waals surface area contributed by atoms with Gasteiger partial charge in [0.15, 0.2) is 0 Å². The molecule has 17 heavy (non-hydrogen) atoms. The van der Waals surface area contributed by atoms with Crippen molar-refractivity contribution in [1.82, 2.24) is 4.90 Å². The highest BCUT2D eigenvalue weighted by atomic mass is 16.5. The lowest BCUT2D eigenvalue weighted by atomic mass is 10.1. The number of likely N-dealkylation sites (tertiary alicyclic amines) is 1. The van der Waals surface area contributed by atoms with E-state index < -0.39 is 0 Å². The lowest BCUT2D eigenvalue weighted by Gasteiger charge is -2.28. The van der Waals surface area contributed by atoms with Crippen LogP contribution in [0, 0.1) is 5.92 Å². The molecular weight excluding hydrogens is 214 g/mol. The summed E-state index contributed by atoms with van der Waals surface area (Å²) in [4.78, 5) is 13.9. The summed E-state index contributed by atoms with van der Waals surface area (Å²) in [6, 6.07) is 1.16. The third-order valence-electron chi connectivity index (χ3n) is 3.53. The van der Waals surface area contributed by atoms with Gasteiger partial charge < -0.3 is 4.74 Å². The third-order valence-corrected chi connectivity index (χ3v) is 3.53. The van der Waals surface area contributed by atoms with Crippen molar-refractivity contribution in [3.8, 4) is 0 Å². The number of carbonyl (C=O) groups excluding carboxylic acids is 1. The minimum absolute atomic E-state index is 0.136.